The summed E-state index contributed by atoms with van der Waals surface area (Å²) in [5, 5.41) is 12.7. The molecule has 1 unspecified atom stereocenters. The number of amides is 1. The average Bonchev–Trinajstić information content (AvgIpc) is 3.14. The first kappa shape index (κ1) is 22.9. The van der Waals surface area contributed by atoms with Crippen LogP contribution in [0.5, 0.6) is 5.75 Å². The normalized spacial score (nSPS) is 11.7. The van der Waals surface area contributed by atoms with Crippen LogP contribution in [-0.2, 0) is 11.3 Å². The molecule has 0 aliphatic heterocycles. The molecule has 1 heterocycles. The third-order valence-electron chi connectivity index (χ3n) is 4.64. The molecule has 31 heavy (non-hydrogen) atoms. The van der Waals surface area contributed by atoms with E-state index in [9.17, 15) is 4.79 Å². The highest BCUT2D eigenvalue weighted by molar-refractivity contribution is 7.99. The summed E-state index contributed by atoms with van der Waals surface area (Å²) < 4.78 is 7.88. The number of allylic oxidation sites excluding steroid dienone is 1. The van der Waals surface area contributed by atoms with E-state index in [2.05, 4.69) is 22.1 Å². The maximum Gasteiger partial charge on any atom is 0.234 e. The third-order valence-corrected chi connectivity index (χ3v) is 5.92. The van der Waals surface area contributed by atoms with Crippen molar-refractivity contribution >= 4 is 35.0 Å². The Labute approximate surface area is 191 Å². The molecule has 0 spiro atoms. The first-order valence-electron chi connectivity index (χ1n) is 9.84. The van der Waals surface area contributed by atoms with Crippen LogP contribution in [0.4, 0.5) is 5.69 Å². The van der Waals surface area contributed by atoms with Crippen molar-refractivity contribution in [2.45, 2.75) is 38.6 Å². The number of carbonyl (C=O) groups is 1. The highest BCUT2D eigenvalue weighted by Crippen LogP contribution is 2.29. The van der Waals surface area contributed by atoms with Crippen LogP contribution >= 0.6 is 23.4 Å². The summed E-state index contributed by atoms with van der Waals surface area (Å²) in [4.78, 5) is 12.5. The van der Waals surface area contributed by atoms with Gasteiger partial charge in [0, 0.05) is 12.2 Å². The van der Waals surface area contributed by atoms with Crippen molar-refractivity contribution in [2.75, 3.05) is 11.1 Å². The molecule has 6 nitrogen and oxygen atoms in total. The van der Waals surface area contributed by atoms with Crippen molar-refractivity contribution in [3.05, 3.63) is 77.1 Å². The molecule has 1 aromatic heterocycles. The van der Waals surface area contributed by atoms with Crippen LogP contribution in [0.25, 0.3) is 0 Å². The highest BCUT2D eigenvalue weighted by atomic mass is 35.5. The van der Waals surface area contributed by atoms with Crippen LogP contribution in [0.2, 0.25) is 5.02 Å². The Bertz CT molecular complexity index is 1060. The molecule has 0 saturated carbocycles. The largest absolute Gasteiger partial charge is 0.481 e. The van der Waals surface area contributed by atoms with E-state index in [4.69, 9.17) is 16.3 Å². The van der Waals surface area contributed by atoms with Crippen molar-refractivity contribution in [3.63, 3.8) is 0 Å². The second-order valence-electron chi connectivity index (χ2n) is 7.03. The van der Waals surface area contributed by atoms with Crippen molar-refractivity contribution in [1.82, 2.24) is 14.8 Å². The zero-order valence-electron chi connectivity index (χ0n) is 17.8. The molecule has 1 N–H and O–H groups in total. The number of anilines is 1. The number of para-hydroxylation sites is 2. The van der Waals surface area contributed by atoms with Gasteiger partial charge < -0.3 is 10.1 Å². The van der Waals surface area contributed by atoms with E-state index in [1.165, 1.54) is 11.8 Å². The Morgan fingerprint density at radius 1 is 1.23 bits per heavy atom. The minimum absolute atomic E-state index is 0.0996. The minimum atomic E-state index is -0.384. The van der Waals surface area contributed by atoms with E-state index in [0.29, 0.717) is 28.3 Å². The molecule has 2 aromatic carbocycles. The van der Waals surface area contributed by atoms with E-state index in [1.54, 1.807) is 18.2 Å². The molecule has 162 valence electrons. The Hall–Kier alpha value is -2.77. The van der Waals surface area contributed by atoms with Gasteiger partial charge in [-0.1, -0.05) is 59.8 Å². The van der Waals surface area contributed by atoms with Gasteiger partial charge in [-0.25, -0.2) is 0 Å². The summed E-state index contributed by atoms with van der Waals surface area (Å²) in [6.45, 7) is 10.2. The highest BCUT2D eigenvalue weighted by Gasteiger charge is 2.20. The van der Waals surface area contributed by atoms with Gasteiger partial charge in [0.15, 0.2) is 17.1 Å². The Kier molecular flexibility index (Phi) is 7.76. The predicted octanol–water partition coefficient (Wildman–Crippen LogP) is 5.61. The lowest BCUT2D eigenvalue weighted by atomic mass is 10.1. The molecular formula is C23H25ClN4O2S. The summed E-state index contributed by atoms with van der Waals surface area (Å²) in [5.74, 6) is 1.32. The summed E-state index contributed by atoms with van der Waals surface area (Å²) in [6, 6.07) is 13.2. The lowest BCUT2D eigenvalue weighted by molar-refractivity contribution is -0.113. The Balaban J connectivity index is 1.70. The van der Waals surface area contributed by atoms with Crippen LogP contribution in [0.3, 0.4) is 0 Å². The van der Waals surface area contributed by atoms with Crippen molar-refractivity contribution in [3.8, 4) is 5.75 Å². The molecule has 3 rings (SSSR count). The van der Waals surface area contributed by atoms with Gasteiger partial charge in [0.1, 0.15) is 5.75 Å². The van der Waals surface area contributed by atoms with E-state index < -0.39 is 0 Å². The summed E-state index contributed by atoms with van der Waals surface area (Å²) in [6.07, 6.45) is 1.38. The number of rotatable bonds is 9. The van der Waals surface area contributed by atoms with Crippen LogP contribution in [0, 0.1) is 13.8 Å². The van der Waals surface area contributed by atoms with E-state index in [0.717, 1.165) is 16.8 Å². The molecule has 0 saturated heterocycles. The van der Waals surface area contributed by atoms with Gasteiger partial charge >= 0.3 is 0 Å². The molecular weight excluding hydrogens is 432 g/mol. The van der Waals surface area contributed by atoms with Crippen molar-refractivity contribution < 1.29 is 9.53 Å². The number of hydrogen-bond acceptors (Lipinski definition) is 5. The topological polar surface area (TPSA) is 69.0 Å². The fourth-order valence-electron chi connectivity index (χ4n) is 3.11. The predicted molar refractivity (Wildman–Crippen MR) is 126 cm³/mol. The number of nitrogens with one attached hydrogen (secondary N) is 1. The monoisotopic (exact) mass is 456 g/mol. The van der Waals surface area contributed by atoms with Crippen LogP contribution < -0.4 is 10.1 Å². The molecule has 0 aliphatic rings. The van der Waals surface area contributed by atoms with Crippen LogP contribution in [0.15, 0.2) is 60.3 Å². The SMILES string of the molecule is C=CCn1c(SCC(=O)Nc2c(C)cccc2C)nnc1C(C)Oc1ccccc1Cl. The smallest absolute Gasteiger partial charge is 0.234 e. The Morgan fingerprint density at radius 2 is 1.94 bits per heavy atom. The van der Waals surface area contributed by atoms with Gasteiger partial charge in [-0.2, -0.15) is 0 Å². The van der Waals surface area contributed by atoms with Gasteiger partial charge in [0.25, 0.3) is 0 Å². The third kappa shape index (κ3) is 5.68. The average molecular weight is 457 g/mol. The van der Waals surface area contributed by atoms with E-state index in [1.807, 2.05) is 55.7 Å². The molecule has 0 radical (unpaired) electrons. The van der Waals surface area contributed by atoms with E-state index >= 15 is 0 Å². The van der Waals surface area contributed by atoms with Gasteiger partial charge in [-0.15, -0.1) is 16.8 Å². The molecule has 8 heteroatoms. The number of aromatic nitrogens is 3. The number of ether oxygens (including phenoxy) is 1. The molecule has 0 bridgehead atoms. The maximum absolute atomic E-state index is 12.5. The molecule has 1 amide bonds. The molecule has 0 aliphatic carbocycles. The van der Waals surface area contributed by atoms with Gasteiger partial charge in [0.05, 0.1) is 10.8 Å². The zero-order chi connectivity index (χ0) is 22.4. The maximum atomic E-state index is 12.5. The van der Waals surface area contributed by atoms with E-state index in [-0.39, 0.29) is 17.8 Å². The first-order valence-corrected chi connectivity index (χ1v) is 11.2. The number of nitrogens with zero attached hydrogens (tertiary/aromatic N) is 3. The van der Waals surface area contributed by atoms with Crippen molar-refractivity contribution in [1.29, 1.82) is 0 Å². The summed E-state index contributed by atoms with van der Waals surface area (Å²) in [5.41, 5.74) is 2.91. The van der Waals surface area contributed by atoms with Gasteiger partial charge in [-0.05, 0) is 44.0 Å². The molecule has 3 aromatic rings. The zero-order valence-corrected chi connectivity index (χ0v) is 19.3. The fraction of sp³-hybridized carbons (Fsp3) is 0.261. The summed E-state index contributed by atoms with van der Waals surface area (Å²) in [7, 11) is 0. The van der Waals surface area contributed by atoms with Crippen LogP contribution in [0.1, 0.15) is 30.0 Å². The summed E-state index contributed by atoms with van der Waals surface area (Å²) >= 11 is 7.52. The second-order valence-corrected chi connectivity index (χ2v) is 8.38. The number of aryl methyl sites for hydroxylation is 2. The lowest BCUT2D eigenvalue weighted by Gasteiger charge is -2.16. The number of hydrogen-bond donors (Lipinski definition) is 1. The number of halogens is 1. The lowest BCUT2D eigenvalue weighted by Crippen LogP contribution is -2.17. The fourth-order valence-corrected chi connectivity index (χ4v) is 4.04. The number of benzene rings is 2. The molecule has 0 fully saturated rings. The van der Waals surface area contributed by atoms with Crippen LogP contribution in [-0.4, -0.2) is 26.4 Å². The minimum Gasteiger partial charge on any atom is -0.481 e. The van der Waals surface area contributed by atoms with Gasteiger partial charge in [0.2, 0.25) is 5.91 Å². The molecule has 1 atom stereocenters. The second kappa shape index (κ2) is 10.5. The van der Waals surface area contributed by atoms with Crippen molar-refractivity contribution in [2.24, 2.45) is 0 Å². The van der Waals surface area contributed by atoms with Gasteiger partial charge in [-0.3, -0.25) is 9.36 Å². The Morgan fingerprint density at radius 3 is 2.61 bits per heavy atom. The first-order chi connectivity index (χ1) is 14.9. The number of thioether (sulfide) groups is 1. The standard InChI is InChI=1S/C23H25ClN4O2S/c1-5-13-28-22(17(4)30-19-12-7-6-11-18(19)24)26-27-23(28)31-14-20(29)25-21-15(2)9-8-10-16(21)3/h5-12,17H,1,13-14H2,2-4H3,(H,25,29). The number of carbonyl (C=O) groups excluding carboxylic acids is 1. The quantitative estimate of drug-likeness (QED) is 0.335.